The van der Waals surface area contributed by atoms with E-state index in [-0.39, 0.29) is 0 Å². The van der Waals surface area contributed by atoms with E-state index in [9.17, 15) is 0 Å². The Morgan fingerprint density at radius 3 is 2.78 bits per heavy atom. The third-order valence-electron chi connectivity index (χ3n) is 3.92. The minimum atomic E-state index is 0.341. The Balaban J connectivity index is 1.99. The number of nitrogen functional groups attached to an aromatic ring is 1. The molecule has 0 aliphatic heterocycles. The summed E-state index contributed by atoms with van der Waals surface area (Å²) >= 11 is 0. The Labute approximate surface area is 106 Å². The topological polar surface area (TPSA) is 74.6 Å². The van der Waals surface area contributed by atoms with Crippen LogP contribution in [-0.4, -0.2) is 24.8 Å². The van der Waals surface area contributed by atoms with E-state index in [0.717, 1.165) is 17.9 Å². The number of hydrogen-bond acceptors (Lipinski definition) is 4. The average molecular weight is 246 g/mol. The van der Waals surface area contributed by atoms with Gasteiger partial charge in [-0.2, -0.15) is 5.10 Å². The summed E-state index contributed by atoms with van der Waals surface area (Å²) in [4.78, 5) is 0. The SMILES string of the molecule is Cn1nccc1-c1c(N)nnn1CC1(C)CCC1. The second kappa shape index (κ2) is 3.83. The molecule has 2 N–H and O–H groups in total. The standard InChI is InChI=1S/C12H18N6/c1-12(5-3-6-12)8-18-10(11(13)15-16-18)9-4-7-14-17(9)2/h4,7H,3,5-6,8,13H2,1-2H3. The molecule has 0 atom stereocenters. The minimum absolute atomic E-state index is 0.341. The predicted molar refractivity (Wildman–Crippen MR) is 68.6 cm³/mol. The van der Waals surface area contributed by atoms with Gasteiger partial charge in [0.1, 0.15) is 5.69 Å². The van der Waals surface area contributed by atoms with Gasteiger partial charge in [0.25, 0.3) is 0 Å². The fourth-order valence-corrected chi connectivity index (χ4v) is 2.61. The van der Waals surface area contributed by atoms with Gasteiger partial charge in [0, 0.05) is 19.8 Å². The van der Waals surface area contributed by atoms with Crippen LogP contribution in [0.25, 0.3) is 11.4 Å². The van der Waals surface area contributed by atoms with Crippen molar-refractivity contribution in [2.24, 2.45) is 12.5 Å². The Morgan fingerprint density at radius 1 is 1.44 bits per heavy atom. The molecule has 1 aliphatic carbocycles. The number of hydrogen-bond donors (Lipinski definition) is 1. The molecule has 3 rings (SSSR count). The van der Waals surface area contributed by atoms with Crippen LogP contribution in [0.15, 0.2) is 12.3 Å². The van der Waals surface area contributed by atoms with Gasteiger partial charge in [-0.05, 0) is 24.3 Å². The summed E-state index contributed by atoms with van der Waals surface area (Å²) in [6.45, 7) is 3.17. The van der Waals surface area contributed by atoms with Gasteiger partial charge >= 0.3 is 0 Å². The monoisotopic (exact) mass is 246 g/mol. The molecule has 6 nitrogen and oxygen atoms in total. The van der Waals surface area contributed by atoms with E-state index in [4.69, 9.17) is 5.73 Å². The summed E-state index contributed by atoms with van der Waals surface area (Å²) in [5.74, 6) is 0.474. The van der Waals surface area contributed by atoms with Gasteiger partial charge in [0.15, 0.2) is 5.82 Å². The smallest absolute Gasteiger partial charge is 0.175 e. The first-order chi connectivity index (χ1) is 8.59. The van der Waals surface area contributed by atoms with E-state index in [1.807, 2.05) is 17.8 Å². The van der Waals surface area contributed by atoms with Crippen molar-refractivity contribution in [3.05, 3.63) is 12.3 Å². The third kappa shape index (κ3) is 1.68. The highest BCUT2D eigenvalue weighted by molar-refractivity contribution is 5.66. The van der Waals surface area contributed by atoms with E-state index < -0.39 is 0 Å². The minimum Gasteiger partial charge on any atom is -0.380 e. The maximum Gasteiger partial charge on any atom is 0.175 e. The van der Waals surface area contributed by atoms with Gasteiger partial charge in [-0.3, -0.25) is 4.68 Å². The van der Waals surface area contributed by atoms with E-state index in [1.54, 1.807) is 10.9 Å². The first-order valence-electron chi connectivity index (χ1n) is 6.26. The van der Waals surface area contributed by atoms with Crippen LogP contribution in [0.2, 0.25) is 0 Å². The molecule has 0 saturated heterocycles. The molecule has 1 aliphatic rings. The molecule has 0 unspecified atom stereocenters. The normalized spacial score (nSPS) is 17.7. The van der Waals surface area contributed by atoms with Crippen molar-refractivity contribution in [1.82, 2.24) is 24.8 Å². The first-order valence-corrected chi connectivity index (χ1v) is 6.26. The highest BCUT2D eigenvalue weighted by Crippen LogP contribution is 2.42. The zero-order chi connectivity index (χ0) is 12.8. The van der Waals surface area contributed by atoms with Crippen LogP contribution in [0.5, 0.6) is 0 Å². The van der Waals surface area contributed by atoms with Crippen molar-refractivity contribution in [2.75, 3.05) is 5.73 Å². The van der Waals surface area contributed by atoms with Crippen LogP contribution in [0, 0.1) is 5.41 Å². The largest absolute Gasteiger partial charge is 0.380 e. The molecular weight excluding hydrogens is 228 g/mol. The predicted octanol–water partition coefficient (Wildman–Crippen LogP) is 1.45. The van der Waals surface area contributed by atoms with E-state index in [2.05, 4.69) is 22.3 Å². The summed E-state index contributed by atoms with van der Waals surface area (Å²) in [6.07, 6.45) is 5.56. The lowest BCUT2D eigenvalue weighted by Gasteiger charge is -2.38. The fraction of sp³-hybridized carbons (Fsp3) is 0.583. The van der Waals surface area contributed by atoms with Gasteiger partial charge in [-0.25, -0.2) is 4.68 Å². The van der Waals surface area contributed by atoms with Crippen LogP contribution < -0.4 is 5.73 Å². The average Bonchev–Trinajstić information content (AvgIpc) is 2.84. The van der Waals surface area contributed by atoms with Crippen LogP contribution in [0.4, 0.5) is 5.82 Å². The molecule has 2 aromatic heterocycles. The molecule has 6 heteroatoms. The second-order valence-electron chi connectivity index (χ2n) is 5.49. The zero-order valence-corrected chi connectivity index (χ0v) is 10.8. The van der Waals surface area contributed by atoms with Crippen molar-refractivity contribution < 1.29 is 0 Å². The summed E-state index contributed by atoms with van der Waals surface area (Å²) in [5.41, 5.74) is 8.12. The summed E-state index contributed by atoms with van der Waals surface area (Å²) in [7, 11) is 1.90. The van der Waals surface area contributed by atoms with Crippen LogP contribution in [0.3, 0.4) is 0 Å². The molecule has 0 aromatic carbocycles. The summed E-state index contributed by atoms with van der Waals surface area (Å²) in [6, 6.07) is 1.94. The van der Waals surface area contributed by atoms with Crippen LogP contribution >= 0.6 is 0 Å². The van der Waals surface area contributed by atoms with Gasteiger partial charge in [-0.1, -0.05) is 18.6 Å². The van der Waals surface area contributed by atoms with E-state index >= 15 is 0 Å². The van der Waals surface area contributed by atoms with Gasteiger partial charge < -0.3 is 5.73 Å². The highest BCUT2D eigenvalue weighted by atomic mass is 15.5. The number of aryl methyl sites for hydroxylation is 1. The zero-order valence-electron chi connectivity index (χ0n) is 10.8. The van der Waals surface area contributed by atoms with E-state index in [0.29, 0.717) is 11.2 Å². The number of nitrogens with two attached hydrogens (primary N) is 1. The van der Waals surface area contributed by atoms with Gasteiger partial charge in [0.2, 0.25) is 0 Å². The Kier molecular flexibility index (Phi) is 2.39. The molecule has 18 heavy (non-hydrogen) atoms. The maximum absolute atomic E-state index is 5.94. The third-order valence-corrected chi connectivity index (χ3v) is 3.92. The molecule has 0 spiro atoms. The number of nitrogens with zero attached hydrogens (tertiary/aromatic N) is 5. The maximum atomic E-state index is 5.94. The van der Waals surface area contributed by atoms with Crippen molar-refractivity contribution in [2.45, 2.75) is 32.7 Å². The lowest BCUT2D eigenvalue weighted by molar-refractivity contribution is 0.126. The second-order valence-corrected chi connectivity index (χ2v) is 5.49. The molecule has 0 bridgehead atoms. The molecule has 0 radical (unpaired) electrons. The van der Waals surface area contributed by atoms with Crippen molar-refractivity contribution in [1.29, 1.82) is 0 Å². The van der Waals surface area contributed by atoms with Crippen LogP contribution in [-0.2, 0) is 13.6 Å². The summed E-state index contributed by atoms with van der Waals surface area (Å²) in [5, 5.41) is 12.4. The number of aromatic nitrogens is 5. The van der Waals surface area contributed by atoms with Gasteiger partial charge in [-0.15, -0.1) is 5.10 Å². The molecule has 2 aromatic rings. The summed E-state index contributed by atoms with van der Waals surface area (Å²) < 4.78 is 3.72. The lowest BCUT2D eigenvalue weighted by atomic mass is 9.70. The Morgan fingerprint density at radius 2 is 2.22 bits per heavy atom. The lowest BCUT2D eigenvalue weighted by Crippen LogP contribution is -2.31. The van der Waals surface area contributed by atoms with E-state index in [1.165, 1.54) is 19.3 Å². The molecule has 1 fully saturated rings. The van der Waals surface area contributed by atoms with Gasteiger partial charge in [0.05, 0.1) is 5.69 Å². The van der Waals surface area contributed by atoms with Crippen molar-refractivity contribution >= 4 is 5.82 Å². The van der Waals surface area contributed by atoms with Crippen molar-refractivity contribution in [3.63, 3.8) is 0 Å². The Bertz CT molecular complexity index is 563. The fourth-order valence-electron chi connectivity index (χ4n) is 2.61. The first kappa shape index (κ1) is 11.3. The molecule has 1 saturated carbocycles. The quantitative estimate of drug-likeness (QED) is 0.889. The molecule has 2 heterocycles. The number of anilines is 1. The highest BCUT2D eigenvalue weighted by Gasteiger charge is 2.33. The Hall–Kier alpha value is -1.85. The number of rotatable bonds is 3. The van der Waals surface area contributed by atoms with Crippen LogP contribution in [0.1, 0.15) is 26.2 Å². The molecule has 96 valence electrons. The molecular formula is C12H18N6. The van der Waals surface area contributed by atoms with Crippen molar-refractivity contribution in [3.8, 4) is 11.4 Å². The molecule has 0 amide bonds.